The molecule has 3 aromatic rings. The summed E-state index contributed by atoms with van der Waals surface area (Å²) >= 11 is 7.14. The van der Waals surface area contributed by atoms with Gasteiger partial charge in [0.2, 0.25) is 0 Å². The van der Waals surface area contributed by atoms with E-state index in [1.54, 1.807) is 37.6 Å². The van der Waals surface area contributed by atoms with Crippen LogP contribution in [0.2, 0.25) is 4.47 Å². The van der Waals surface area contributed by atoms with Crippen LogP contribution < -0.4 is 14.8 Å². The third-order valence-electron chi connectivity index (χ3n) is 3.50. The molecule has 0 aliphatic heterocycles. The second-order valence-electron chi connectivity index (χ2n) is 5.20. The zero-order valence-electron chi connectivity index (χ0n) is 13.7. The van der Waals surface area contributed by atoms with Crippen molar-refractivity contribution in [1.82, 2.24) is 4.98 Å². The predicted octanol–water partition coefficient (Wildman–Crippen LogP) is 4.91. The Bertz CT molecular complexity index is 929. The Morgan fingerprint density at radius 1 is 1.27 bits per heavy atom. The highest BCUT2D eigenvalue weighted by Crippen LogP contribution is 2.33. The molecule has 3 rings (SSSR count). The van der Waals surface area contributed by atoms with Gasteiger partial charge in [-0.3, -0.25) is 0 Å². The Morgan fingerprint density at radius 3 is 2.69 bits per heavy atom. The summed E-state index contributed by atoms with van der Waals surface area (Å²) in [6.45, 7) is 0.428. The van der Waals surface area contributed by atoms with Gasteiger partial charge in [-0.2, -0.15) is 0 Å². The molecule has 6 nitrogen and oxygen atoms in total. The summed E-state index contributed by atoms with van der Waals surface area (Å²) in [5, 5.41) is 12.6. The second kappa shape index (κ2) is 8.07. The summed E-state index contributed by atoms with van der Waals surface area (Å²) in [4.78, 5) is 16.5. The monoisotopic (exact) mass is 390 g/mol. The molecule has 0 saturated carbocycles. The first-order valence-electron chi connectivity index (χ1n) is 7.59. The van der Waals surface area contributed by atoms with E-state index in [4.69, 9.17) is 21.1 Å². The van der Waals surface area contributed by atoms with Crippen LogP contribution in [-0.2, 0) is 6.54 Å². The van der Waals surface area contributed by atoms with Crippen molar-refractivity contribution >= 4 is 34.6 Å². The first-order valence-corrected chi connectivity index (χ1v) is 8.78. The molecule has 0 bridgehead atoms. The Kier molecular flexibility index (Phi) is 5.60. The molecular weight excluding hydrogens is 376 g/mol. The second-order valence-corrected chi connectivity index (χ2v) is 6.90. The third kappa shape index (κ3) is 4.25. The maximum absolute atomic E-state index is 11.6. The van der Waals surface area contributed by atoms with E-state index in [9.17, 15) is 9.90 Å². The van der Waals surface area contributed by atoms with Gasteiger partial charge >= 0.3 is 5.97 Å². The molecule has 1 heterocycles. The van der Waals surface area contributed by atoms with E-state index in [1.165, 1.54) is 17.4 Å². The summed E-state index contributed by atoms with van der Waals surface area (Å²) < 4.78 is 11.5. The van der Waals surface area contributed by atoms with Crippen molar-refractivity contribution in [1.29, 1.82) is 0 Å². The average molecular weight is 391 g/mol. The quantitative estimate of drug-likeness (QED) is 0.596. The van der Waals surface area contributed by atoms with Gasteiger partial charge < -0.3 is 19.9 Å². The van der Waals surface area contributed by atoms with Gasteiger partial charge in [-0.15, -0.1) is 11.3 Å². The Labute approximate surface area is 159 Å². The molecule has 0 fully saturated rings. The number of aromatic nitrogens is 1. The summed E-state index contributed by atoms with van der Waals surface area (Å²) in [7, 11) is 1.55. The zero-order valence-corrected chi connectivity index (χ0v) is 15.3. The molecule has 2 N–H and O–H groups in total. The predicted molar refractivity (Wildman–Crippen MR) is 101 cm³/mol. The lowest BCUT2D eigenvalue weighted by Gasteiger charge is -2.13. The zero-order chi connectivity index (χ0) is 18.5. The molecule has 0 unspecified atom stereocenters. The fraction of sp³-hybridized carbons (Fsp3) is 0.111. The average Bonchev–Trinajstić information content (AvgIpc) is 3.06. The molecule has 2 aromatic carbocycles. The summed E-state index contributed by atoms with van der Waals surface area (Å²) in [6, 6.07) is 12.0. The van der Waals surface area contributed by atoms with E-state index in [0.29, 0.717) is 33.9 Å². The van der Waals surface area contributed by atoms with E-state index in [-0.39, 0.29) is 5.56 Å². The number of hydrogen-bond donors (Lipinski definition) is 2. The first kappa shape index (κ1) is 18.0. The molecule has 0 aliphatic carbocycles. The van der Waals surface area contributed by atoms with E-state index in [2.05, 4.69) is 10.3 Å². The van der Waals surface area contributed by atoms with Crippen molar-refractivity contribution in [3.8, 4) is 17.2 Å². The number of nitrogens with zero attached hydrogens (tertiary/aromatic N) is 1. The summed E-state index contributed by atoms with van der Waals surface area (Å²) in [6.07, 6.45) is 1.65. The highest BCUT2D eigenvalue weighted by molar-refractivity contribution is 7.15. The Hall–Kier alpha value is -2.77. The number of benzene rings is 2. The number of anilines is 1. The standard InChI is InChI=1S/C18H15ClN2O4S/c1-24-15-4-2-3-5-16(15)25-11-6-7-14(13(8-11)17(22)23)20-9-12-10-21-18(19)26-12/h2-8,10,20H,9H2,1H3,(H,22,23). The van der Waals surface area contributed by atoms with Crippen LogP contribution in [0.5, 0.6) is 17.2 Å². The van der Waals surface area contributed by atoms with Crippen molar-refractivity contribution in [3.63, 3.8) is 0 Å². The molecular formula is C18H15ClN2O4S. The Morgan fingerprint density at radius 2 is 2.04 bits per heavy atom. The minimum Gasteiger partial charge on any atom is -0.493 e. The highest BCUT2D eigenvalue weighted by Gasteiger charge is 2.13. The smallest absolute Gasteiger partial charge is 0.337 e. The van der Waals surface area contributed by atoms with Crippen molar-refractivity contribution in [2.75, 3.05) is 12.4 Å². The molecule has 0 amide bonds. The van der Waals surface area contributed by atoms with Gasteiger partial charge in [0, 0.05) is 16.8 Å². The molecule has 0 radical (unpaired) electrons. The fourth-order valence-corrected chi connectivity index (χ4v) is 3.21. The van der Waals surface area contributed by atoms with Gasteiger partial charge in [0.1, 0.15) is 5.75 Å². The normalized spacial score (nSPS) is 10.4. The van der Waals surface area contributed by atoms with Crippen LogP contribution in [0.3, 0.4) is 0 Å². The molecule has 26 heavy (non-hydrogen) atoms. The van der Waals surface area contributed by atoms with Crippen LogP contribution in [0.4, 0.5) is 5.69 Å². The third-order valence-corrected chi connectivity index (χ3v) is 4.61. The number of carboxylic acids is 1. The van der Waals surface area contributed by atoms with Crippen molar-refractivity contribution in [2.24, 2.45) is 0 Å². The Balaban J connectivity index is 1.81. The van der Waals surface area contributed by atoms with Gasteiger partial charge in [-0.1, -0.05) is 23.7 Å². The largest absolute Gasteiger partial charge is 0.493 e. The molecule has 8 heteroatoms. The van der Waals surface area contributed by atoms with E-state index in [1.807, 2.05) is 12.1 Å². The lowest BCUT2D eigenvalue weighted by molar-refractivity contribution is 0.0697. The SMILES string of the molecule is COc1ccccc1Oc1ccc(NCc2cnc(Cl)s2)c(C(=O)O)c1. The number of carboxylic acid groups (broad SMARTS) is 1. The number of rotatable bonds is 7. The van der Waals surface area contributed by atoms with Crippen LogP contribution in [0, 0.1) is 0 Å². The van der Waals surface area contributed by atoms with Gasteiger partial charge in [0.05, 0.1) is 19.2 Å². The number of methoxy groups -OCH3 is 1. The summed E-state index contributed by atoms with van der Waals surface area (Å²) in [5.41, 5.74) is 0.586. The minimum absolute atomic E-state index is 0.105. The number of thiazole rings is 1. The van der Waals surface area contributed by atoms with Crippen molar-refractivity contribution in [3.05, 3.63) is 63.6 Å². The van der Waals surface area contributed by atoms with Crippen molar-refractivity contribution < 1.29 is 19.4 Å². The van der Waals surface area contributed by atoms with Crippen LogP contribution >= 0.6 is 22.9 Å². The van der Waals surface area contributed by atoms with Crippen LogP contribution in [0.1, 0.15) is 15.2 Å². The van der Waals surface area contributed by atoms with Gasteiger partial charge in [-0.25, -0.2) is 9.78 Å². The molecule has 0 aliphatic rings. The molecule has 0 atom stereocenters. The number of para-hydroxylation sites is 2. The van der Waals surface area contributed by atoms with Crippen molar-refractivity contribution in [2.45, 2.75) is 6.54 Å². The lowest BCUT2D eigenvalue weighted by Crippen LogP contribution is -2.06. The number of nitrogens with one attached hydrogen (secondary N) is 1. The molecule has 134 valence electrons. The summed E-state index contributed by atoms with van der Waals surface area (Å²) in [5.74, 6) is 0.415. The van der Waals surface area contributed by atoms with E-state index in [0.717, 1.165) is 4.88 Å². The first-order chi connectivity index (χ1) is 12.6. The van der Waals surface area contributed by atoms with E-state index < -0.39 is 5.97 Å². The highest BCUT2D eigenvalue weighted by atomic mass is 35.5. The van der Waals surface area contributed by atoms with Gasteiger partial charge in [0.15, 0.2) is 16.0 Å². The van der Waals surface area contributed by atoms with Crippen LogP contribution in [0.25, 0.3) is 0 Å². The van der Waals surface area contributed by atoms with Gasteiger partial charge in [0.25, 0.3) is 0 Å². The molecule has 1 aromatic heterocycles. The van der Waals surface area contributed by atoms with Crippen LogP contribution in [0.15, 0.2) is 48.7 Å². The lowest BCUT2D eigenvalue weighted by atomic mass is 10.1. The maximum atomic E-state index is 11.6. The minimum atomic E-state index is -1.06. The number of aromatic carboxylic acids is 1. The number of ether oxygens (including phenoxy) is 2. The molecule has 0 spiro atoms. The number of carbonyl (C=O) groups is 1. The fourth-order valence-electron chi connectivity index (χ4n) is 2.30. The maximum Gasteiger partial charge on any atom is 0.337 e. The van der Waals surface area contributed by atoms with Crippen LogP contribution in [-0.4, -0.2) is 23.2 Å². The topological polar surface area (TPSA) is 80.7 Å². The van der Waals surface area contributed by atoms with Gasteiger partial charge in [-0.05, 0) is 30.3 Å². The molecule has 0 saturated heterocycles. The number of halogens is 1. The van der Waals surface area contributed by atoms with E-state index >= 15 is 0 Å². The number of hydrogen-bond acceptors (Lipinski definition) is 6.